The second-order valence-electron chi connectivity index (χ2n) is 8.70. The number of aromatic nitrogens is 2. The molecule has 3 aromatic rings. The van der Waals surface area contributed by atoms with Gasteiger partial charge in [-0.05, 0) is 81.0 Å². The van der Waals surface area contributed by atoms with Crippen LogP contribution in [-0.4, -0.2) is 37.3 Å². The average molecular weight is 482 g/mol. The van der Waals surface area contributed by atoms with Crippen LogP contribution in [0.2, 0.25) is 0 Å². The van der Waals surface area contributed by atoms with Crippen LogP contribution >= 0.6 is 0 Å². The van der Waals surface area contributed by atoms with Gasteiger partial charge in [-0.1, -0.05) is 12.1 Å². The van der Waals surface area contributed by atoms with Crippen molar-refractivity contribution in [2.75, 3.05) is 24.3 Å². The predicted octanol–water partition coefficient (Wildman–Crippen LogP) is 4.52. The van der Waals surface area contributed by atoms with Crippen molar-refractivity contribution in [1.82, 2.24) is 14.7 Å². The summed E-state index contributed by atoms with van der Waals surface area (Å²) in [4.78, 5) is 9.10. The molecule has 0 unspecified atom stereocenters. The van der Waals surface area contributed by atoms with E-state index in [0.717, 1.165) is 52.2 Å². The predicted molar refractivity (Wildman–Crippen MR) is 136 cm³/mol. The van der Waals surface area contributed by atoms with Gasteiger partial charge in [0.15, 0.2) is 0 Å². The second kappa shape index (κ2) is 9.99. The zero-order valence-electron chi connectivity index (χ0n) is 20.0. The zero-order valence-corrected chi connectivity index (χ0v) is 20.8. The van der Waals surface area contributed by atoms with E-state index in [-0.39, 0.29) is 5.25 Å². The van der Waals surface area contributed by atoms with Crippen LogP contribution in [0.5, 0.6) is 5.75 Å². The topological polar surface area (TPSA) is 105 Å². The van der Waals surface area contributed by atoms with Gasteiger partial charge < -0.3 is 15.4 Å². The summed E-state index contributed by atoms with van der Waals surface area (Å²) < 4.78 is 31.9. The van der Waals surface area contributed by atoms with E-state index < -0.39 is 10.0 Å². The van der Waals surface area contributed by atoms with Crippen molar-refractivity contribution in [1.29, 1.82) is 0 Å². The molecule has 9 heteroatoms. The third kappa shape index (κ3) is 5.84. The molecule has 0 amide bonds. The Hall–Kier alpha value is -3.17. The summed E-state index contributed by atoms with van der Waals surface area (Å²) in [5.41, 5.74) is 5.93. The van der Waals surface area contributed by atoms with E-state index in [2.05, 4.69) is 25.3 Å². The summed E-state index contributed by atoms with van der Waals surface area (Å²) in [6.45, 7) is 6.40. The molecule has 8 nitrogen and oxygen atoms in total. The molecule has 0 spiro atoms. The first kappa shape index (κ1) is 24.0. The Morgan fingerprint density at radius 3 is 2.29 bits per heavy atom. The molecule has 0 saturated heterocycles. The molecule has 180 valence electrons. The molecule has 34 heavy (non-hydrogen) atoms. The van der Waals surface area contributed by atoms with Crippen molar-refractivity contribution in [3.8, 4) is 5.75 Å². The largest absolute Gasteiger partial charge is 0.497 e. The Bertz CT molecular complexity index is 1250. The van der Waals surface area contributed by atoms with Crippen LogP contribution in [0, 0.1) is 20.8 Å². The number of ether oxygens (including phenoxy) is 1. The summed E-state index contributed by atoms with van der Waals surface area (Å²) in [5, 5.41) is 6.49. The minimum atomic E-state index is -3.14. The second-order valence-corrected chi connectivity index (χ2v) is 10.7. The van der Waals surface area contributed by atoms with E-state index in [9.17, 15) is 8.42 Å². The number of hydrogen-bond acceptors (Lipinski definition) is 7. The van der Waals surface area contributed by atoms with Gasteiger partial charge in [-0.3, -0.25) is 0 Å². The van der Waals surface area contributed by atoms with E-state index in [4.69, 9.17) is 4.74 Å². The monoisotopic (exact) mass is 481 g/mol. The number of sulfonamides is 1. The average Bonchev–Trinajstić information content (AvgIpc) is 3.65. The fourth-order valence-electron chi connectivity index (χ4n) is 3.70. The third-order valence-corrected chi connectivity index (χ3v) is 7.80. The number of aryl methyl sites for hydroxylation is 3. The highest BCUT2D eigenvalue weighted by Gasteiger charge is 2.35. The van der Waals surface area contributed by atoms with Gasteiger partial charge in [-0.15, -0.1) is 0 Å². The van der Waals surface area contributed by atoms with E-state index in [1.54, 1.807) is 13.3 Å². The van der Waals surface area contributed by atoms with Gasteiger partial charge in [0.25, 0.3) is 0 Å². The summed E-state index contributed by atoms with van der Waals surface area (Å²) in [7, 11) is -1.48. The molecular formula is C25H31N5O3S. The minimum Gasteiger partial charge on any atom is -0.497 e. The maximum atomic E-state index is 11.9. The highest BCUT2D eigenvalue weighted by atomic mass is 32.2. The lowest BCUT2D eigenvalue weighted by molar-refractivity contribution is 0.414. The lowest BCUT2D eigenvalue weighted by atomic mass is 10.1. The Morgan fingerprint density at radius 2 is 1.68 bits per heavy atom. The van der Waals surface area contributed by atoms with Gasteiger partial charge in [0, 0.05) is 29.7 Å². The minimum absolute atomic E-state index is 0.188. The van der Waals surface area contributed by atoms with Crippen LogP contribution in [0.4, 0.5) is 23.1 Å². The first-order valence-corrected chi connectivity index (χ1v) is 12.9. The van der Waals surface area contributed by atoms with Gasteiger partial charge in [0.1, 0.15) is 11.6 Å². The standard InChI is InChI=1S/C25H31N5O3S/c1-16-13-21(33-4)14-17(2)23(16)29-25-26-15-18(3)24(30-25)28-20-7-5-19(6-8-20)11-12-27-34(31,32)22-9-10-22/h5-8,13-15,22,27H,9-12H2,1-4H3,(H2,26,28,29,30). The van der Waals surface area contributed by atoms with Crippen LogP contribution in [-0.2, 0) is 16.4 Å². The number of methoxy groups -OCH3 is 1. The zero-order chi connectivity index (χ0) is 24.3. The number of nitrogens with one attached hydrogen (secondary N) is 3. The Kier molecular flexibility index (Phi) is 7.04. The van der Waals surface area contributed by atoms with E-state index >= 15 is 0 Å². The van der Waals surface area contributed by atoms with Crippen LogP contribution in [0.1, 0.15) is 35.1 Å². The molecule has 0 aliphatic heterocycles. The summed E-state index contributed by atoms with van der Waals surface area (Å²) in [6, 6.07) is 11.9. The summed E-state index contributed by atoms with van der Waals surface area (Å²) in [6.07, 6.45) is 3.98. The van der Waals surface area contributed by atoms with E-state index in [0.29, 0.717) is 24.7 Å². The Labute approximate surface area is 201 Å². The van der Waals surface area contributed by atoms with Gasteiger partial charge in [-0.2, -0.15) is 4.98 Å². The summed E-state index contributed by atoms with van der Waals surface area (Å²) in [5.74, 6) is 2.03. The van der Waals surface area contributed by atoms with Gasteiger partial charge in [-0.25, -0.2) is 18.1 Å². The molecule has 0 atom stereocenters. The maximum absolute atomic E-state index is 11.9. The molecule has 3 N–H and O–H groups in total. The van der Waals surface area contributed by atoms with E-state index in [1.807, 2.05) is 57.2 Å². The molecule has 1 heterocycles. The van der Waals surface area contributed by atoms with Gasteiger partial charge in [0.05, 0.1) is 12.4 Å². The molecular weight excluding hydrogens is 450 g/mol. The Morgan fingerprint density at radius 1 is 1.00 bits per heavy atom. The fourth-order valence-corrected chi connectivity index (χ4v) is 5.08. The van der Waals surface area contributed by atoms with Crippen molar-refractivity contribution >= 4 is 33.2 Å². The lowest BCUT2D eigenvalue weighted by Gasteiger charge is -2.15. The van der Waals surface area contributed by atoms with Crippen molar-refractivity contribution in [3.63, 3.8) is 0 Å². The molecule has 1 saturated carbocycles. The molecule has 0 bridgehead atoms. The number of benzene rings is 2. The number of anilines is 4. The van der Waals surface area contributed by atoms with Gasteiger partial charge >= 0.3 is 0 Å². The van der Waals surface area contributed by atoms with Crippen molar-refractivity contribution < 1.29 is 13.2 Å². The quantitative estimate of drug-likeness (QED) is 0.391. The number of nitrogens with zero attached hydrogens (tertiary/aromatic N) is 2. The lowest BCUT2D eigenvalue weighted by Crippen LogP contribution is -2.29. The molecule has 1 fully saturated rings. The molecule has 0 radical (unpaired) electrons. The molecule has 2 aromatic carbocycles. The fraction of sp³-hybridized carbons (Fsp3) is 0.360. The van der Waals surface area contributed by atoms with Crippen LogP contribution in [0.25, 0.3) is 0 Å². The molecule has 1 aliphatic rings. The highest BCUT2D eigenvalue weighted by Crippen LogP contribution is 2.29. The van der Waals surface area contributed by atoms with E-state index in [1.165, 1.54) is 0 Å². The smallest absolute Gasteiger partial charge is 0.229 e. The number of hydrogen-bond donors (Lipinski definition) is 3. The van der Waals surface area contributed by atoms with Crippen molar-refractivity contribution in [2.24, 2.45) is 0 Å². The van der Waals surface area contributed by atoms with Crippen LogP contribution < -0.4 is 20.1 Å². The third-order valence-electron chi connectivity index (χ3n) is 5.85. The number of rotatable bonds is 10. The first-order valence-electron chi connectivity index (χ1n) is 11.4. The van der Waals surface area contributed by atoms with Crippen molar-refractivity contribution in [3.05, 3.63) is 64.8 Å². The van der Waals surface area contributed by atoms with Crippen molar-refractivity contribution in [2.45, 2.75) is 45.3 Å². The highest BCUT2D eigenvalue weighted by molar-refractivity contribution is 7.90. The summed E-state index contributed by atoms with van der Waals surface area (Å²) >= 11 is 0. The van der Waals surface area contributed by atoms with Crippen LogP contribution in [0.3, 0.4) is 0 Å². The molecule has 1 aliphatic carbocycles. The molecule has 4 rings (SSSR count). The first-order chi connectivity index (χ1) is 16.2. The van der Waals surface area contributed by atoms with Gasteiger partial charge in [0.2, 0.25) is 16.0 Å². The SMILES string of the molecule is COc1cc(C)c(Nc2ncc(C)c(Nc3ccc(CCNS(=O)(=O)C4CC4)cc3)n2)c(C)c1. The molecule has 1 aromatic heterocycles. The Balaban J connectivity index is 1.40. The normalized spacial score (nSPS) is 13.5. The maximum Gasteiger partial charge on any atom is 0.229 e. The van der Waals surface area contributed by atoms with Crippen LogP contribution in [0.15, 0.2) is 42.6 Å².